The van der Waals surface area contributed by atoms with E-state index in [9.17, 15) is 9.59 Å². The zero-order chi connectivity index (χ0) is 21.6. The van der Waals surface area contributed by atoms with Crippen LogP contribution >= 0.6 is 11.8 Å². The number of thioether (sulfide) groups is 1. The standard InChI is InChI=1S/C23H24N4O3S/c1-30-20-10-6-5-9-17(20)23(29)25-22-18-14-31-15-19(18)26-27(22)13-21(28)24-12-11-16-7-3-2-4-8-16/h2-10H,11-15H2,1H3,(H,24,28)(H,25,29). The molecule has 2 amide bonds. The minimum atomic E-state index is -0.289. The lowest BCUT2D eigenvalue weighted by molar-refractivity contribution is -0.121. The minimum absolute atomic E-state index is 0.0496. The minimum Gasteiger partial charge on any atom is -0.496 e. The Morgan fingerprint density at radius 2 is 1.87 bits per heavy atom. The van der Waals surface area contributed by atoms with Crippen molar-refractivity contribution in [3.63, 3.8) is 0 Å². The third-order valence-electron chi connectivity index (χ3n) is 5.07. The highest BCUT2D eigenvalue weighted by Gasteiger charge is 2.25. The Morgan fingerprint density at radius 1 is 1.10 bits per heavy atom. The number of para-hydroxylation sites is 1. The van der Waals surface area contributed by atoms with Gasteiger partial charge in [-0.3, -0.25) is 9.59 Å². The van der Waals surface area contributed by atoms with Crippen molar-refractivity contribution in [1.82, 2.24) is 15.1 Å². The van der Waals surface area contributed by atoms with Gasteiger partial charge in [-0.15, -0.1) is 0 Å². The number of ether oxygens (including phenoxy) is 1. The van der Waals surface area contributed by atoms with Gasteiger partial charge >= 0.3 is 0 Å². The SMILES string of the molecule is COc1ccccc1C(=O)Nc1c2c(nn1CC(=O)NCCc1ccccc1)CSC2. The molecule has 0 spiro atoms. The van der Waals surface area contributed by atoms with Crippen LogP contribution in [0.1, 0.15) is 27.2 Å². The van der Waals surface area contributed by atoms with E-state index in [1.165, 1.54) is 12.7 Å². The summed E-state index contributed by atoms with van der Waals surface area (Å²) in [6.45, 7) is 0.594. The molecule has 3 aromatic rings. The summed E-state index contributed by atoms with van der Waals surface area (Å²) >= 11 is 1.74. The van der Waals surface area contributed by atoms with E-state index in [0.29, 0.717) is 23.7 Å². The molecular weight excluding hydrogens is 412 g/mol. The van der Waals surface area contributed by atoms with Crippen LogP contribution in [0.4, 0.5) is 5.82 Å². The lowest BCUT2D eigenvalue weighted by atomic mass is 10.1. The van der Waals surface area contributed by atoms with Gasteiger partial charge in [0.25, 0.3) is 5.91 Å². The van der Waals surface area contributed by atoms with Crippen LogP contribution in [0.2, 0.25) is 0 Å². The number of amides is 2. The lowest BCUT2D eigenvalue weighted by Crippen LogP contribution is -2.30. The van der Waals surface area contributed by atoms with Crippen molar-refractivity contribution < 1.29 is 14.3 Å². The van der Waals surface area contributed by atoms with Gasteiger partial charge in [-0.1, -0.05) is 42.5 Å². The summed E-state index contributed by atoms with van der Waals surface area (Å²) in [6, 6.07) is 17.1. The normalized spacial score (nSPS) is 12.3. The van der Waals surface area contributed by atoms with E-state index >= 15 is 0 Å². The molecule has 0 saturated heterocycles. The molecule has 0 atom stereocenters. The molecule has 7 nitrogen and oxygen atoms in total. The Morgan fingerprint density at radius 3 is 2.68 bits per heavy atom. The van der Waals surface area contributed by atoms with Gasteiger partial charge in [0.2, 0.25) is 5.91 Å². The van der Waals surface area contributed by atoms with E-state index in [1.807, 2.05) is 36.4 Å². The van der Waals surface area contributed by atoms with Gasteiger partial charge in [0.05, 0.1) is 18.4 Å². The van der Waals surface area contributed by atoms with E-state index in [-0.39, 0.29) is 18.4 Å². The zero-order valence-electron chi connectivity index (χ0n) is 17.3. The van der Waals surface area contributed by atoms with Crippen molar-refractivity contribution in [3.05, 3.63) is 77.0 Å². The molecule has 31 heavy (non-hydrogen) atoms. The second-order valence-electron chi connectivity index (χ2n) is 7.16. The maximum Gasteiger partial charge on any atom is 0.260 e. The lowest BCUT2D eigenvalue weighted by Gasteiger charge is -2.13. The molecule has 1 aromatic heterocycles. The van der Waals surface area contributed by atoms with Crippen LogP contribution in [0.15, 0.2) is 54.6 Å². The van der Waals surface area contributed by atoms with Crippen molar-refractivity contribution in [2.24, 2.45) is 0 Å². The van der Waals surface area contributed by atoms with Gasteiger partial charge in [0.15, 0.2) is 0 Å². The average Bonchev–Trinajstić information content (AvgIpc) is 3.37. The molecule has 2 heterocycles. The van der Waals surface area contributed by atoms with Crippen molar-refractivity contribution in [3.8, 4) is 5.75 Å². The first kappa shape index (κ1) is 21.0. The predicted octanol–water partition coefficient (Wildman–Crippen LogP) is 3.25. The molecule has 2 N–H and O–H groups in total. The predicted molar refractivity (Wildman–Crippen MR) is 121 cm³/mol. The maximum atomic E-state index is 12.9. The fraction of sp³-hybridized carbons (Fsp3) is 0.261. The van der Waals surface area contributed by atoms with Crippen LogP contribution in [0.3, 0.4) is 0 Å². The fourth-order valence-corrected chi connectivity index (χ4v) is 4.55. The third-order valence-corrected chi connectivity index (χ3v) is 6.04. The average molecular weight is 437 g/mol. The number of carbonyl (C=O) groups is 2. The summed E-state index contributed by atoms with van der Waals surface area (Å²) in [5.74, 6) is 2.17. The number of carbonyl (C=O) groups excluding carboxylic acids is 2. The van der Waals surface area contributed by atoms with E-state index in [0.717, 1.165) is 29.2 Å². The number of nitrogens with zero attached hydrogens (tertiary/aromatic N) is 2. The Kier molecular flexibility index (Phi) is 6.57. The van der Waals surface area contributed by atoms with Gasteiger partial charge in [0.1, 0.15) is 18.1 Å². The van der Waals surface area contributed by atoms with Gasteiger partial charge in [-0.2, -0.15) is 16.9 Å². The van der Waals surface area contributed by atoms with E-state index in [1.54, 1.807) is 34.6 Å². The number of fused-ring (bicyclic) bond motifs is 1. The van der Waals surface area contributed by atoms with Crippen LogP contribution in [-0.4, -0.2) is 35.2 Å². The molecular formula is C23H24N4O3S. The largest absolute Gasteiger partial charge is 0.496 e. The molecule has 0 fully saturated rings. The number of aromatic nitrogens is 2. The van der Waals surface area contributed by atoms with Gasteiger partial charge in [-0.25, -0.2) is 4.68 Å². The molecule has 0 aliphatic carbocycles. The van der Waals surface area contributed by atoms with Crippen molar-refractivity contribution >= 4 is 29.4 Å². The maximum absolute atomic E-state index is 12.9. The number of benzene rings is 2. The Labute approximate surface area is 185 Å². The van der Waals surface area contributed by atoms with Crippen molar-refractivity contribution in [1.29, 1.82) is 0 Å². The van der Waals surface area contributed by atoms with Crippen LogP contribution in [0.5, 0.6) is 5.75 Å². The molecule has 0 saturated carbocycles. The summed E-state index contributed by atoms with van der Waals surface area (Å²) in [7, 11) is 1.53. The molecule has 2 aromatic carbocycles. The van der Waals surface area contributed by atoms with Crippen LogP contribution in [-0.2, 0) is 29.3 Å². The monoisotopic (exact) mass is 436 g/mol. The van der Waals surface area contributed by atoms with Crippen LogP contribution in [0.25, 0.3) is 0 Å². The highest BCUT2D eigenvalue weighted by molar-refractivity contribution is 7.98. The number of nitrogens with one attached hydrogen (secondary N) is 2. The second kappa shape index (κ2) is 9.70. The van der Waals surface area contributed by atoms with E-state index in [2.05, 4.69) is 15.7 Å². The quantitative estimate of drug-likeness (QED) is 0.566. The summed E-state index contributed by atoms with van der Waals surface area (Å²) in [4.78, 5) is 25.4. The first-order valence-electron chi connectivity index (χ1n) is 10.1. The Bertz CT molecular complexity index is 1080. The second-order valence-corrected chi connectivity index (χ2v) is 8.15. The molecule has 1 aliphatic heterocycles. The van der Waals surface area contributed by atoms with E-state index in [4.69, 9.17) is 4.74 Å². The van der Waals surface area contributed by atoms with E-state index < -0.39 is 0 Å². The summed E-state index contributed by atoms with van der Waals surface area (Å²) in [5, 5.41) is 10.5. The van der Waals surface area contributed by atoms with Gasteiger partial charge in [0, 0.05) is 23.6 Å². The summed E-state index contributed by atoms with van der Waals surface area (Å²) in [6.07, 6.45) is 0.760. The molecule has 4 rings (SSSR count). The first-order valence-corrected chi connectivity index (χ1v) is 11.2. The molecule has 1 aliphatic rings. The van der Waals surface area contributed by atoms with Crippen molar-refractivity contribution in [2.75, 3.05) is 19.0 Å². The molecule has 8 heteroatoms. The highest BCUT2D eigenvalue weighted by Crippen LogP contribution is 2.35. The summed E-state index contributed by atoms with van der Waals surface area (Å²) in [5.41, 5.74) is 3.50. The summed E-state index contributed by atoms with van der Waals surface area (Å²) < 4.78 is 6.90. The smallest absolute Gasteiger partial charge is 0.260 e. The molecule has 160 valence electrons. The topological polar surface area (TPSA) is 85.2 Å². The Balaban J connectivity index is 1.45. The third kappa shape index (κ3) is 4.91. The molecule has 0 radical (unpaired) electrons. The van der Waals surface area contributed by atoms with Crippen molar-refractivity contribution in [2.45, 2.75) is 24.5 Å². The zero-order valence-corrected chi connectivity index (χ0v) is 18.1. The number of hydrogen-bond donors (Lipinski definition) is 2. The first-order chi connectivity index (χ1) is 15.2. The number of methoxy groups -OCH3 is 1. The Hall–Kier alpha value is -3.26. The van der Waals surface area contributed by atoms with Gasteiger partial charge < -0.3 is 15.4 Å². The molecule has 0 bridgehead atoms. The number of anilines is 1. The number of hydrogen-bond acceptors (Lipinski definition) is 5. The number of rotatable bonds is 8. The van der Waals surface area contributed by atoms with Crippen LogP contribution in [0, 0.1) is 0 Å². The molecule has 0 unspecified atom stereocenters. The van der Waals surface area contributed by atoms with Gasteiger partial charge in [-0.05, 0) is 24.1 Å². The highest BCUT2D eigenvalue weighted by atomic mass is 32.2. The fourth-order valence-electron chi connectivity index (χ4n) is 3.51. The van der Waals surface area contributed by atoms with Crippen LogP contribution < -0.4 is 15.4 Å².